The molecular formula is C22H25N3O4. The maximum Gasteiger partial charge on any atom is 0.322 e. The number of hydrogen-bond donors (Lipinski definition) is 2. The van der Waals surface area contributed by atoms with Gasteiger partial charge in [-0.3, -0.25) is 4.79 Å². The van der Waals surface area contributed by atoms with Crippen molar-refractivity contribution in [1.82, 2.24) is 9.80 Å². The van der Waals surface area contributed by atoms with Crippen molar-refractivity contribution in [2.75, 3.05) is 32.1 Å². The fourth-order valence-corrected chi connectivity index (χ4v) is 4.84. The van der Waals surface area contributed by atoms with Crippen LogP contribution in [-0.2, 0) is 4.79 Å². The van der Waals surface area contributed by atoms with E-state index in [1.165, 1.54) is 6.92 Å². The fraction of sp³-hybridized carbons (Fsp3) is 0.364. The first-order valence-electron chi connectivity index (χ1n) is 9.66. The maximum atomic E-state index is 12.7. The van der Waals surface area contributed by atoms with E-state index in [2.05, 4.69) is 5.32 Å². The molecule has 2 aromatic carbocycles. The van der Waals surface area contributed by atoms with Crippen LogP contribution in [0.2, 0.25) is 0 Å². The summed E-state index contributed by atoms with van der Waals surface area (Å²) in [6, 6.07) is 16.6. The third-order valence-corrected chi connectivity index (χ3v) is 6.00. The summed E-state index contributed by atoms with van der Waals surface area (Å²) in [4.78, 5) is 28.5. The molecule has 2 saturated heterocycles. The SMILES string of the molecule is COc1cccc(NC(=O)N2CC3(C2)[C@@H](c2ccccc2)[C@H](CO)N3C(C)=O)c1. The van der Waals surface area contributed by atoms with Crippen molar-refractivity contribution in [3.63, 3.8) is 0 Å². The first-order chi connectivity index (χ1) is 14.0. The van der Waals surface area contributed by atoms with Crippen molar-refractivity contribution in [3.8, 4) is 5.75 Å². The average Bonchev–Trinajstić information content (AvgIpc) is 2.67. The number of carbonyl (C=O) groups excluding carboxylic acids is 2. The van der Waals surface area contributed by atoms with Crippen LogP contribution in [0.3, 0.4) is 0 Å². The van der Waals surface area contributed by atoms with Gasteiger partial charge in [0.2, 0.25) is 5.91 Å². The number of nitrogens with one attached hydrogen (secondary N) is 1. The van der Waals surface area contributed by atoms with Gasteiger partial charge in [-0.15, -0.1) is 0 Å². The summed E-state index contributed by atoms with van der Waals surface area (Å²) < 4.78 is 5.19. The van der Waals surface area contributed by atoms with E-state index in [9.17, 15) is 14.7 Å². The third-order valence-electron chi connectivity index (χ3n) is 6.00. The lowest BCUT2D eigenvalue weighted by molar-refractivity contribution is -0.190. The quantitative estimate of drug-likeness (QED) is 0.832. The molecule has 0 saturated carbocycles. The summed E-state index contributed by atoms with van der Waals surface area (Å²) in [5.41, 5.74) is 1.27. The topological polar surface area (TPSA) is 82.1 Å². The first kappa shape index (κ1) is 19.3. The number of carbonyl (C=O) groups is 2. The molecule has 0 unspecified atom stereocenters. The summed E-state index contributed by atoms with van der Waals surface area (Å²) in [6.07, 6.45) is 0. The van der Waals surface area contributed by atoms with Gasteiger partial charge in [-0.25, -0.2) is 4.79 Å². The summed E-state index contributed by atoms with van der Waals surface area (Å²) in [7, 11) is 1.58. The van der Waals surface area contributed by atoms with Gasteiger partial charge >= 0.3 is 6.03 Å². The van der Waals surface area contributed by atoms with Crippen LogP contribution in [0.15, 0.2) is 54.6 Å². The highest BCUT2D eigenvalue weighted by Gasteiger charge is 2.67. The van der Waals surface area contributed by atoms with Gasteiger partial charge in [0.05, 0.1) is 25.3 Å². The fourth-order valence-electron chi connectivity index (χ4n) is 4.84. The highest BCUT2D eigenvalue weighted by molar-refractivity contribution is 5.91. The molecule has 0 radical (unpaired) electrons. The van der Waals surface area contributed by atoms with E-state index >= 15 is 0 Å². The van der Waals surface area contributed by atoms with Crippen LogP contribution < -0.4 is 10.1 Å². The van der Waals surface area contributed by atoms with Crippen LogP contribution in [-0.4, -0.2) is 65.2 Å². The summed E-state index contributed by atoms with van der Waals surface area (Å²) in [5, 5.41) is 12.8. The zero-order chi connectivity index (χ0) is 20.6. The van der Waals surface area contributed by atoms with Crippen molar-refractivity contribution >= 4 is 17.6 Å². The van der Waals surface area contributed by atoms with Crippen molar-refractivity contribution in [2.45, 2.75) is 24.4 Å². The van der Waals surface area contributed by atoms with E-state index < -0.39 is 5.54 Å². The van der Waals surface area contributed by atoms with Gasteiger partial charge in [0, 0.05) is 37.7 Å². The number of ether oxygens (including phenoxy) is 1. The number of aliphatic hydroxyl groups is 1. The van der Waals surface area contributed by atoms with Gasteiger partial charge in [0.25, 0.3) is 0 Å². The number of aliphatic hydroxyl groups excluding tert-OH is 1. The largest absolute Gasteiger partial charge is 0.497 e. The molecule has 29 heavy (non-hydrogen) atoms. The Kier molecular flexibility index (Phi) is 4.92. The molecular weight excluding hydrogens is 370 g/mol. The van der Waals surface area contributed by atoms with Gasteiger partial charge in [-0.2, -0.15) is 0 Å². The Bertz CT molecular complexity index is 911. The molecule has 152 valence electrons. The van der Waals surface area contributed by atoms with Crippen molar-refractivity contribution in [3.05, 3.63) is 60.2 Å². The Morgan fingerprint density at radius 2 is 1.90 bits per heavy atom. The second kappa shape index (κ2) is 7.40. The van der Waals surface area contributed by atoms with E-state index in [0.717, 1.165) is 5.56 Å². The van der Waals surface area contributed by atoms with Crippen LogP contribution in [0, 0.1) is 0 Å². The molecule has 2 aliphatic rings. The number of amides is 3. The predicted octanol–water partition coefficient (Wildman–Crippen LogP) is 2.29. The predicted molar refractivity (Wildman–Crippen MR) is 109 cm³/mol. The smallest absolute Gasteiger partial charge is 0.322 e. The van der Waals surface area contributed by atoms with Crippen molar-refractivity contribution in [2.24, 2.45) is 0 Å². The Hall–Kier alpha value is -3.06. The lowest BCUT2D eigenvalue weighted by atomic mass is 9.60. The second-order valence-electron chi connectivity index (χ2n) is 7.65. The molecule has 2 aromatic rings. The molecule has 3 amide bonds. The van der Waals surface area contributed by atoms with E-state index in [4.69, 9.17) is 4.74 Å². The first-order valence-corrected chi connectivity index (χ1v) is 9.66. The van der Waals surface area contributed by atoms with Gasteiger partial charge < -0.3 is 25.0 Å². The number of hydrogen-bond acceptors (Lipinski definition) is 4. The lowest BCUT2D eigenvalue weighted by Crippen LogP contribution is -2.86. The minimum absolute atomic E-state index is 0.00142. The molecule has 2 aliphatic heterocycles. The second-order valence-corrected chi connectivity index (χ2v) is 7.65. The number of urea groups is 1. The molecule has 0 bridgehead atoms. The van der Waals surface area contributed by atoms with Crippen LogP contribution in [0.5, 0.6) is 5.75 Å². The number of anilines is 1. The number of rotatable bonds is 4. The maximum absolute atomic E-state index is 12.7. The summed E-state index contributed by atoms with van der Waals surface area (Å²) in [5.74, 6) is 0.585. The average molecular weight is 395 g/mol. The summed E-state index contributed by atoms with van der Waals surface area (Å²) in [6.45, 7) is 2.28. The molecule has 2 fully saturated rings. The molecule has 7 nitrogen and oxygen atoms in total. The number of methoxy groups -OCH3 is 1. The Morgan fingerprint density at radius 1 is 1.17 bits per heavy atom. The van der Waals surface area contributed by atoms with Gasteiger partial charge in [0.1, 0.15) is 5.75 Å². The number of nitrogens with zero attached hydrogens (tertiary/aromatic N) is 2. The Morgan fingerprint density at radius 3 is 2.52 bits per heavy atom. The standard InChI is InChI=1S/C22H25N3O4/c1-15(27)25-19(12-26)20(16-7-4-3-5-8-16)22(25)13-24(14-22)21(28)23-17-9-6-10-18(11-17)29-2/h3-11,19-20,26H,12-14H2,1-2H3,(H,23,28)/t19-,20-/m0/s1. The van der Waals surface area contributed by atoms with Crippen molar-refractivity contribution in [1.29, 1.82) is 0 Å². The third kappa shape index (κ3) is 3.11. The van der Waals surface area contributed by atoms with E-state index in [0.29, 0.717) is 24.5 Å². The minimum Gasteiger partial charge on any atom is -0.497 e. The van der Waals surface area contributed by atoms with Crippen LogP contribution in [0.1, 0.15) is 18.4 Å². The normalized spacial score (nSPS) is 21.9. The highest BCUT2D eigenvalue weighted by atomic mass is 16.5. The lowest BCUT2D eigenvalue weighted by Gasteiger charge is -2.70. The highest BCUT2D eigenvalue weighted by Crippen LogP contribution is 2.53. The molecule has 0 aromatic heterocycles. The van der Waals surface area contributed by atoms with Crippen LogP contribution in [0.25, 0.3) is 0 Å². The molecule has 1 spiro atoms. The zero-order valence-corrected chi connectivity index (χ0v) is 16.5. The van der Waals surface area contributed by atoms with Gasteiger partial charge in [-0.05, 0) is 17.7 Å². The van der Waals surface area contributed by atoms with Gasteiger partial charge in [-0.1, -0.05) is 36.4 Å². The number of likely N-dealkylation sites (tertiary alicyclic amines) is 2. The van der Waals surface area contributed by atoms with E-state index in [-0.39, 0.29) is 30.5 Å². The Balaban J connectivity index is 1.51. The summed E-state index contributed by atoms with van der Waals surface area (Å²) >= 11 is 0. The van der Waals surface area contributed by atoms with Crippen LogP contribution in [0.4, 0.5) is 10.5 Å². The van der Waals surface area contributed by atoms with Gasteiger partial charge in [0.15, 0.2) is 0 Å². The zero-order valence-electron chi connectivity index (χ0n) is 16.5. The molecule has 2 heterocycles. The molecule has 0 aliphatic carbocycles. The Labute approximate surface area is 169 Å². The molecule has 2 atom stereocenters. The van der Waals surface area contributed by atoms with Crippen molar-refractivity contribution < 1.29 is 19.4 Å². The van der Waals surface area contributed by atoms with E-state index in [1.54, 1.807) is 29.0 Å². The molecule has 7 heteroatoms. The van der Waals surface area contributed by atoms with E-state index in [1.807, 2.05) is 42.5 Å². The number of benzene rings is 2. The monoisotopic (exact) mass is 395 g/mol. The van der Waals surface area contributed by atoms with Crippen LogP contribution >= 0.6 is 0 Å². The molecule has 2 N–H and O–H groups in total. The molecule has 4 rings (SSSR count). The minimum atomic E-state index is -0.466.